The van der Waals surface area contributed by atoms with Crippen molar-refractivity contribution in [2.24, 2.45) is 5.92 Å². The van der Waals surface area contributed by atoms with E-state index in [1.54, 1.807) is 6.92 Å². The molecule has 0 radical (unpaired) electrons. The van der Waals surface area contributed by atoms with Crippen LogP contribution in [0.25, 0.3) is 0 Å². The van der Waals surface area contributed by atoms with Crippen molar-refractivity contribution in [1.82, 2.24) is 5.32 Å². The van der Waals surface area contributed by atoms with Gasteiger partial charge in [-0.25, -0.2) is 0 Å². The molecule has 98 valence electrons. The molecule has 3 heteroatoms. The summed E-state index contributed by atoms with van der Waals surface area (Å²) in [6.07, 6.45) is 1.90. The number of amides is 1. The molecule has 0 aromatic heterocycles. The summed E-state index contributed by atoms with van der Waals surface area (Å²) >= 11 is 0. The van der Waals surface area contributed by atoms with Gasteiger partial charge in [-0.2, -0.15) is 0 Å². The Balaban J connectivity index is 1.89. The minimum atomic E-state index is -0.374. The fourth-order valence-corrected chi connectivity index (χ4v) is 2.68. The Morgan fingerprint density at radius 2 is 1.89 bits per heavy atom. The van der Waals surface area contributed by atoms with Gasteiger partial charge in [-0.1, -0.05) is 24.3 Å². The molecule has 2 atom stereocenters. The highest BCUT2D eigenvalue weighted by atomic mass is 16.3. The third kappa shape index (κ3) is 3.10. The molecule has 1 aromatic rings. The first kappa shape index (κ1) is 13.1. The molecule has 1 aliphatic carbocycles. The van der Waals surface area contributed by atoms with Crippen LogP contribution < -0.4 is 5.32 Å². The first-order valence-corrected chi connectivity index (χ1v) is 6.61. The lowest BCUT2D eigenvalue weighted by Crippen LogP contribution is -2.39. The van der Waals surface area contributed by atoms with Gasteiger partial charge < -0.3 is 10.4 Å². The molecule has 0 saturated heterocycles. The van der Waals surface area contributed by atoms with Crippen molar-refractivity contribution in [3.63, 3.8) is 0 Å². The Bertz CT molecular complexity index is 403. The van der Waals surface area contributed by atoms with Crippen LogP contribution in [0.2, 0.25) is 0 Å². The third-order valence-electron chi connectivity index (χ3n) is 3.51. The summed E-state index contributed by atoms with van der Waals surface area (Å²) in [5.41, 5.74) is 2.58. The van der Waals surface area contributed by atoms with E-state index in [0.717, 1.165) is 12.8 Å². The zero-order valence-corrected chi connectivity index (χ0v) is 11.0. The molecule has 1 aromatic carbocycles. The number of carbonyl (C=O) groups is 1. The van der Waals surface area contributed by atoms with E-state index >= 15 is 0 Å². The molecule has 2 unspecified atom stereocenters. The number of benzene rings is 1. The molecule has 3 nitrogen and oxygen atoms in total. The van der Waals surface area contributed by atoms with Crippen molar-refractivity contribution in [2.45, 2.75) is 45.3 Å². The molecular formula is C15H21NO2. The summed E-state index contributed by atoms with van der Waals surface area (Å²) < 4.78 is 0. The fraction of sp³-hybridized carbons (Fsp3) is 0.533. The molecule has 0 aliphatic heterocycles. The maximum atomic E-state index is 12.1. The van der Waals surface area contributed by atoms with Crippen molar-refractivity contribution >= 4 is 5.91 Å². The first-order valence-electron chi connectivity index (χ1n) is 6.61. The van der Waals surface area contributed by atoms with Gasteiger partial charge in [-0.3, -0.25) is 4.79 Å². The lowest BCUT2D eigenvalue weighted by atomic mass is 10.0. The molecule has 2 rings (SSSR count). The minimum absolute atomic E-state index is 0.0289. The number of nitrogens with one attached hydrogen (secondary N) is 1. The van der Waals surface area contributed by atoms with E-state index in [4.69, 9.17) is 0 Å². The van der Waals surface area contributed by atoms with Gasteiger partial charge in [-0.15, -0.1) is 0 Å². The van der Waals surface area contributed by atoms with E-state index in [-0.39, 0.29) is 24.0 Å². The molecule has 0 fully saturated rings. The Hall–Kier alpha value is -1.35. The number of rotatable bonds is 4. The van der Waals surface area contributed by atoms with Crippen LogP contribution >= 0.6 is 0 Å². The zero-order valence-electron chi connectivity index (χ0n) is 11.0. The van der Waals surface area contributed by atoms with Crippen molar-refractivity contribution in [3.8, 4) is 0 Å². The van der Waals surface area contributed by atoms with Crippen LogP contribution in [0.5, 0.6) is 0 Å². The van der Waals surface area contributed by atoms with Crippen molar-refractivity contribution in [1.29, 1.82) is 0 Å². The minimum Gasteiger partial charge on any atom is -0.393 e. The predicted octanol–water partition coefficient (Wildman–Crippen LogP) is 1.68. The molecule has 18 heavy (non-hydrogen) atoms. The fourth-order valence-electron chi connectivity index (χ4n) is 2.68. The SMILES string of the molecule is CC(O)CC(C)NC(=O)C1Cc2ccccc2C1. The van der Waals surface area contributed by atoms with Crippen LogP contribution in [0.4, 0.5) is 0 Å². The van der Waals surface area contributed by atoms with Crippen LogP contribution in [-0.4, -0.2) is 23.2 Å². The second-order valence-electron chi connectivity index (χ2n) is 5.37. The highest BCUT2D eigenvalue weighted by Crippen LogP contribution is 2.26. The van der Waals surface area contributed by atoms with Gasteiger partial charge >= 0.3 is 0 Å². The van der Waals surface area contributed by atoms with Crippen LogP contribution in [-0.2, 0) is 17.6 Å². The first-order chi connectivity index (χ1) is 8.56. The third-order valence-corrected chi connectivity index (χ3v) is 3.51. The van der Waals surface area contributed by atoms with Gasteiger partial charge in [-0.05, 0) is 44.2 Å². The lowest BCUT2D eigenvalue weighted by molar-refractivity contribution is -0.125. The molecule has 2 N–H and O–H groups in total. The quantitative estimate of drug-likeness (QED) is 0.850. The van der Waals surface area contributed by atoms with Crippen molar-refractivity contribution in [2.75, 3.05) is 0 Å². The molecule has 1 amide bonds. The van der Waals surface area contributed by atoms with Crippen molar-refractivity contribution < 1.29 is 9.90 Å². The highest BCUT2D eigenvalue weighted by molar-refractivity contribution is 5.80. The zero-order chi connectivity index (χ0) is 13.1. The maximum absolute atomic E-state index is 12.1. The van der Waals surface area contributed by atoms with E-state index in [9.17, 15) is 9.90 Å². The van der Waals surface area contributed by atoms with Crippen LogP contribution in [0.15, 0.2) is 24.3 Å². The summed E-state index contributed by atoms with van der Waals surface area (Å²) in [6.45, 7) is 3.68. The van der Waals surface area contributed by atoms with E-state index in [2.05, 4.69) is 17.4 Å². The molecule has 0 saturated carbocycles. The topological polar surface area (TPSA) is 49.3 Å². The number of fused-ring (bicyclic) bond motifs is 1. The Morgan fingerprint density at radius 1 is 1.33 bits per heavy atom. The lowest BCUT2D eigenvalue weighted by Gasteiger charge is -2.18. The monoisotopic (exact) mass is 247 g/mol. The number of hydrogen-bond donors (Lipinski definition) is 2. The standard InChI is InChI=1S/C15H21NO2/c1-10(7-11(2)17)16-15(18)14-8-12-5-3-4-6-13(12)9-14/h3-6,10-11,14,17H,7-9H2,1-2H3,(H,16,18). The molecule has 0 bridgehead atoms. The van der Waals surface area contributed by atoms with E-state index in [0.29, 0.717) is 6.42 Å². The van der Waals surface area contributed by atoms with Gasteiger partial charge in [0.25, 0.3) is 0 Å². The normalized spacial score (nSPS) is 18.2. The van der Waals surface area contributed by atoms with Gasteiger partial charge in [0.2, 0.25) is 5.91 Å². The second-order valence-corrected chi connectivity index (χ2v) is 5.37. The largest absolute Gasteiger partial charge is 0.393 e. The highest BCUT2D eigenvalue weighted by Gasteiger charge is 2.27. The second kappa shape index (κ2) is 5.53. The smallest absolute Gasteiger partial charge is 0.223 e. The summed E-state index contributed by atoms with van der Waals surface area (Å²) in [5.74, 6) is 0.165. The number of aliphatic hydroxyl groups is 1. The van der Waals surface area contributed by atoms with Crippen molar-refractivity contribution in [3.05, 3.63) is 35.4 Å². The average molecular weight is 247 g/mol. The average Bonchev–Trinajstić information content (AvgIpc) is 2.71. The number of carbonyl (C=O) groups excluding carboxylic acids is 1. The summed E-state index contributed by atoms with van der Waals surface area (Å²) in [7, 11) is 0. The van der Waals surface area contributed by atoms with Gasteiger partial charge in [0.1, 0.15) is 0 Å². The Morgan fingerprint density at radius 3 is 2.39 bits per heavy atom. The Kier molecular flexibility index (Phi) is 4.02. The maximum Gasteiger partial charge on any atom is 0.223 e. The Labute approximate surface area is 108 Å². The molecule has 0 heterocycles. The van der Waals surface area contributed by atoms with Gasteiger partial charge in [0, 0.05) is 12.0 Å². The molecule has 1 aliphatic rings. The van der Waals surface area contributed by atoms with E-state index < -0.39 is 0 Å². The predicted molar refractivity (Wildman–Crippen MR) is 71.2 cm³/mol. The van der Waals surface area contributed by atoms with Crippen LogP contribution in [0.3, 0.4) is 0 Å². The van der Waals surface area contributed by atoms with Crippen LogP contribution in [0, 0.1) is 5.92 Å². The number of hydrogen-bond acceptors (Lipinski definition) is 2. The van der Waals surface area contributed by atoms with Gasteiger partial charge in [0.05, 0.1) is 6.10 Å². The number of aliphatic hydroxyl groups excluding tert-OH is 1. The van der Waals surface area contributed by atoms with E-state index in [1.807, 2.05) is 19.1 Å². The summed E-state index contributed by atoms with van der Waals surface area (Å²) in [4.78, 5) is 12.1. The summed E-state index contributed by atoms with van der Waals surface area (Å²) in [6, 6.07) is 8.27. The van der Waals surface area contributed by atoms with Crippen LogP contribution in [0.1, 0.15) is 31.4 Å². The van der Waals surface area contributed by atoms with Gasteiger partial charge in [0.15, 0.2) is 0 Å². The molecular weight excluding hydrogens is 226 g/mol. The van der Waals surface area contributed by atoms with E-state index in [1.165, 1.54) is 11.1 Å². The molecule has 0 spiro atoms. The summed E-state index contributed by atoms with van der Waals surface area (Å²) in [5, 5.41) is 12.3.